The normalized spacial score (nSPS) is 10.4. The molecule has 0 heterocycles. The first kappa shape index (κ1) is 18.9. The van der Waals surface area contributed by atoms with Gasteiger partial charge in [0.2, 0.25) is 0 Å². The molecule has 0 aromatic heterocycles. The number of rotatable bonds is 6. The largest absolute Gasteiger partial charge is 0.452 e. The van der Waals surface area contributed by atoms with Crippen molar-refractivity contribution in [2.75, 3.05) is 13.2 Å². The predicted molar refractivity (Wildman–Crippen MR) is 89.5 cm³/mol. The smallest absolute Gasteiger partial charge is 0.340 e. The van der Waals surface area contributed by atoms with Crippen LogP contribution in [-0.4, -0.2) is 25.0 Å². The molecule has 7 heteroatoms. The molecule has 25 heavy (non-hydrogen) atoms. The highest BCUT2D eigenvalue weighted by Crippen LogP contribution is 2.20. The van der Waals surface area contributed by atoms with Crippen LogP contribution in [0.2, 0.25) is 5.02 Å². The maximum absolute atomic E-state index is 13.2. The average Bonchev–Trinajstić information content (AvgIpc) is 2.57. The van der Waals surface area contributed by atoms with Crippen molar-refractivity contribution in [2.45, 2.75) is 13.3 Å². The molecule has 0 bridgehead atoms. The Labute approximate surface area is 148 Å². The summed E-state index contributed by atoms with van der Waals surface area (Å²) in [5.74, 6) is -3.90. The van der Waals surface area contributed by atoms with Crippen LogP contribution in [0, 0.1) is 18.6 Å². The van der Waals surface area contributed by atoms with Gasteiger partial charge in [0, 0.05) is 6.54 Å². The lowest BCUT2D eigenvalue weighted by molar-refractivity contribution is -0.124. The summed E-state index contributed by atoms with van der Waals surface area (Å²) in [4.78, 5) is 23.5. The molecule has 0 spiro atoms. The van der Waals surface area contributed by atoms with Crippen LogP contribution < -0.4 is 5.32 Å². The van der Waals surface area contributed by atoms with Gasteiger partial charge in [-0.05, 0) is 36.6 Å². The molecule has 0 aliphatic heterocycles. The number of nitrogens with one attached hydrogen (secondary N) is 1. The Bertz CT molecular complexity index is 796. The first-order chi connectivity index (χ1) is 11.9. The van der Waals surface area contributed by atoms with E-state index in [9.17, 15) is 18.4 Å². The van der Waals surface area contributed by atoms with E-state index in [4.69, 9.17) is 16.3 Å². The third-order valence-corrected chi connectivity index (χ3v) is 3.85. The van der Waals surface area contributed by atoms with E-state index in [2.05, 4.69) is 5.32 Å². The van der Waals surface area contributed by atoms with Crippen molar-refractivity contribution in [3.63, 3.8) is 0 Å². The zero-order chi connectivity index (χ0) is 18.4. The number of aryl methyl sites for hydroxylation is 1. The number of carbonyl (C=O) groups excluding carboxylic acids is 2. The topological polar surface area (TPSA) is 55.4 Å². The fourth-order valence-corrected chi connectivity index (χ4v) is 2.39. The SMILES string of the molecule is Cc1ccccc1CCNC(=O)COC(=O)c1cc(F)c(F)cc1Cl. The Hall–Kier alpha value is -2.47. The quantitative estimate of drug-likeness (QED) is 0.628. The van der Waals surface area contributed by atoms with Crippen LogP contribution in [0.1, 0.15) is 21.5 Å². The molecule has 0 saturated carbocycles. The van der Waals surface area contributed by atoms with E-state index in [0.29, 0.717) is 25.1 Å². The minimum Gasteiger partial charge on any atom is -0.452 e. The van der Waals surface area contributed by atoms with Gasteiger partial charge in [0.25, 0.3) is 5.91 Å². The molecular weight excluding hydrogens is 352 g/mol. The van der Waals surface area contributed by atoms with Crippen LogP contribution in [-0.2, 0) is 16.0 Å². The minimum absolute atomic E-state index is 0.288. The monoisotopic (exact) mass is 367 g/mol. The summed E-state index contributed by atoms with van der Waals surface area (Å²) in [7, 11) is 0. The average molecular weight is 368 g/mol. The van der Waals surface area contributed by atoms with Gasteiger partial charge < -0.3 is 10.1 Å². The molecule has 0 radical (unpaired) electrons. The van der Waals surface area contributed by atoms with Crippen LogP contribution in [0.15, 0.2) is 36.4 Å². The maximum atomic E-state index is 13.2. The Morgan fingerprint density at radius 1 is 1.16 bits per heavy atom. The molecule has 0 aliphatic carbocycles. The van der Waals surface area contributed by atoms with Crippen molar-refractivity contribution < 1.29 is 23.1 Å². The van der Waals surface area contributed by atoms with Gasteiger partial charge in [-0.3, -0.25) is 4.79 Å². The number of carbonyl (C=O) groups is 2. The minimum atomic E-state index is -1.22. The predicted octanol–water partition coefficient (Wildman–Crippen LogP) is 3.44. The number of ether oxygens (including phenoxy) is 1. The molecule has 2 rings (SSSR count). The second-order valence-electron chi connectivity index (χ2n) is 5.35. The third-order valence-electron chi connectivity index (χ3n) is 3.54. The van der Waals surface area contributed by atoms with Crippen molar-refractivity contribution in [2.24, 2.45) is 0 Å². The van der Waals surface area contributed by atoms with Crippen molar-refractivity contribution >= 4 is 23.5 Å². The molecule has 0 aliphatic rings. The lowest BCUT2D eigenvalue weighted by atomic mass is 10.1. The standard InChI is InChI=1S/C18H16ClF2NO3/c1-11-4-2-3-5-12(11)6-7-22-17(23)10-25-18(24)13-8-15(20)16(21)9-14(13)19/h2-5,8-9H,6-7,10H2,1H3,(H,22,23). The first-order valence-corrected chi connectivity index (χ1v) is 7.89. The van der Waals surface area contributed by atoms with Gasteiger partial charge in [0.1, 0.15) is 0 Å². The summed E-state index contributed by atoms with van der Waals surface area (Å²) in [6, 6.07) is 9.10. The summed E-state index contributed by atoms with van der Waals surface area (Å²) in [6.07, 6.45) is 0.640. The molecule has 4 nitrogen and oxygen atoms in total. The summed E-state index contributed by atoms with van der Waals surface area (Å²) >= 11 is 5.67. The van der Waals surface area contributed by atoms with Crippen molar-refractivity contribution in [1.29, 1.82) is 0 Å². The van der Waals surface area contributed by atoms with E-state index in [-0.39, 0.29) is 10.6 Å². The van der Waals surface area contributed by atoms with Gasteiger partial charge in [-0.15, -0.1) is 0 Å². The fraction of sp³-hybridized carbons (Fsp3) is 0.222. The summed E-state index contributed by atoms with van der Waals surface area (Å²) in [6.45, 7) is 1.82. The summed E-state index contributed by atoms with van der Waals surface area (Å²) in [5, 5.41) is 2.33. The van der Waals surface area contributed by atoms with E-state index in [1.54, 1.807) is 0 Å². The number of amides is 1. The van der Waals surface area contributed by atoms with Crippen LogP contribution in [0.3, 0.4) is 0 Å². The molecule has 132 valence electrons. The lowest BCUT2D eigenvalue weighted by Crippen LogP contribution is -2.30. The van der Waals surface area contributed by atoms with E-state index in [0.717, 1.165) is 11.1 Å². The van der Waals surface area contributed by atoms with Gasteiger partial charge in [-0.2, -0.15) is 0 Å². The maximum Gasteiger partial charge on any atom is 0.340 e. The number of hydrogen-bond donors (Lipinski definition) is 1. The van der Waals surface area contributed by atoms with Gasteiger partial charge in [0.15, 0.2) is 18.2 Å². The summed E-state index contributed by atoms with van der Waals surface area (Å²) < 4.78 is 30.9. The number of benzene rings is 2. The zero-order valence-corrected chi connectivity index (χ0v) is 14.2. The number of esters is 1. The molecule has 0 atom stereocenters. The highest BCUT2D eigenvalue weighted by Gasteiger charge is 2.17. The molecule has 0 saturated heterocycles. The molecule has 1 amide bonds. The number of halogens is 3. The van der Waals surface area contributed by atoms with Crippen LogP contribution in [0.4, 0.5) is 8.78 Å². The van der Waals surface area contributed by atoms with E-state index in [1.165, 1.54) is 0 Å². The van der Waals surface area contributed by atoms with E-state index in [1.807, 2.05) is 31.2 Å². The Kier molecular flexibility index (Phi) is 6.47. The Morgan fingerprint density at radius 2 is 1.84 bits per heavy atom. The molecular formula is C18H16ClF2NO3. The van der Waals surface area contributed by atoms with Crippen molar-refractivity contribution in [1.82, 2.24) is 5.32 Å². The zero-order valence-electron chi connectivity index (χ0n) is 13.4. The van der Waals surface area contributed by atoms with Gasteiger partial charge >= 0.3 is 5.97 Å². The van der Waals surface area contributed by atoms with Gasteiger partial charge in [-0.1, -0.05) is 35.9 Å². The summed E-state index contributed by atoms with van der Waals surface area (Å²) in [5.41, 5.74) is 1.89. The number of hydrogen-bond acceptors (Lipinski definition) is 3. The van der Waals surface area contributed by atoms with E-state index >= 15 is 0 Å². The molecule has 1 N–H and O–H groups in total. The van der Waals surface area contributed by atoms with Crippen LogP contribution in [0.5, 0.6) is 0 Å². The second-order valence-corrected chi connectivity index (χ2v) is 5.76. The highest BCUT2D eigenvalue weighted by molar-refractivity contribution is 6.33. The van der Waals surface area contributed by atoms with Crippen LogP contribution >= 0.6 is 11.6 Å². The Balaban J connectivity index is 1.81. The second kappa shape index (κ2) is 8.58. The van der Waals surface area contributed by atoms with Gasteiger partial charge in [0.05, 0.1) is 10.6 Å². The van der Waals surface area contributed by atoms with Gasteiger partial charge in [-0.25, -0.2) is 13.6 Å². The van der Waals surface area contributed by atoms with E-state index < -0.39 is 30.1 Å². The molecule has 2 aromatic rings. The molecule has 0 fully saturated rings. The van der Waals surface area contributed by atoms with Crippen molar-refractivity contribution in [3.05, 3.63) is 69.7 Å². The third kappa shape index (κ3) is 5.26. The highest BCUT2D eigenvalue weighted by atomic mass is 35.5. The fourth-order valence-electron chi connectivity index (χ4n) is 2.17. The Morgan fingerprint density at radius 3 is 2.56 bits per heavy atom. The lowest BCUT2D eigenvalue weighted by Gasteiger charge is -2.09. The molecule has 2 aromatic carbocycles. The van der Waals surface area contributed by atoms with Crippen LogP contribution in [0.25, 0.3) is 0 Å². The van der Waals surface area contributed by atoms with Crippen molar-refractivity contribution in [3.8, 4) is 0 Å². The molecule has 0 unspecified atom stereocenters. The first-order valence-electron chi connectivity index (χ1n) is 7.51.